The second kappa shape index (κ2) is 13.2. The molecule has 4 atom stereocenters. The Morgan fingerprint density at radius 3 is 1.77 bits per heavy atom. The summed E-state index contributed by atoms with van der Waals surface area (Å²) in [5.74, 6) is -0.277. The summed E-state index contributed by atoms with van der Waals surface area (Å²) in [6, 6.07) is -0.736. The molecule has 9 nitrogen and oxygen atoms in total. The van der Waals surface area contributed by atoms with Crippen LogP contribution < -0.4 is 10.6 Å². The van der Waals surface area contributed by atoms with Crippen molar-refractivity contribution in [3.63, 3.8) is 0 Å². The summed E-state index contributed by atoms with van der Waals surface area (Å²) in [5.41, 5.74) is -1.09. The molecule has 2 rings (SSSR count). The summed E-state index contributed by atoms with van der Waals surface area (Å²) in [7, 11) is 0. The van der Waals surface area contributed by atoms with Crippen molar-refractivity contribution < 1.29 is 32.6 Å². The van der Waals surface area contributed by atoms with Crippen molar-refractivity contribution in [1.82, 2.24) is 20.4 Å². The van der Waals surface area contributed by atoms with Crippen molar-refractivity contribution in [2.75, 3.05) is 32.7 Å². The fraction of sp³-hybridized carbons (Fsp3) is 0.875. The van der Waals surface area contributed by atoms with Gasteiger partial charge in [0.2, 0.25) is 5.91 Å². The lowest BCUT2D eigenvalue weighted by Gasteiger charge is -2.24. The van der Waals surface area contributed by atoms with Gasteiger partial charge in [-0.05, 0) is 68.2 Å². The third kappa shape index (κ3) is 13.5. The second-order valence-electron chi connectivity index (χ2n) is 11.2. The summed E-state index contributed by atoms with van der Waals surface area (Å²) >= 11 is 0. The standard InChI is InChI=1S/C12H21FN2O3.C12H23FN2O2/c1-8(14-11(17)18-12(2,3)4)10(16)15-6-5-9(13)7-15;1-9(7-15-6-5-10(13)8-15)14-11(16)17-12(2,3)4/h8-9H,5-7H2,1-4H3,(H,14,17);9-10H,5-8H2,1-4H3,(H,14,16)/t8-,9-;9-,10-/m11/s1. The predicted molar refractivity (Wildman–Crippen MR) is 130 cm³/mol. The Bertz CT molecular complexity index is 711. The Kier molecular flexibility index (Phi) is 11.7. The van der Waals surface area contributed by atoms with Crippen LogP contribution in [0.2, 0.25) is 0 Å². The van der Waals surface area contributed by atoms with Crippen molar-refractivity contribution in [2.45, 2.75) is 104 Å². The number of halogens is 2. The summed E-state index contributed by atoms with van der Waals surface area (Å²) < 4.78 is 36.1. The molecule has 2 saturated heterocycles. The molecule has 0 saturated carbocycles. The smallest absolute Gasteiger partial charge is 0.408 e. The van der Waals surface area contributed by atoms with Crippen LogP contribution in [0.5, 0.6) is 0 Å². The molecule has 2 fully saturated rings. The van der Waals surface area contributed by atoms with Crippen molar-refractivity contribution in [2.24, 2.45) is 0 Å². The third-order valence-electron chi connectivity index (χ3n) is 5.06. The number of carbonyl (C=O) groups excluding carboxylic acids is 3. The molecule has 0 unspecified atom stereocenters. The summed E-state index contributed by atoms with van der Waals surface area (Å²) in [6.45, 7) is 16.6. The molecule has 0 aromatic carbocycles. The van der Waals surface area contributed by atoms with Gasteiger partial charge in [0, 0.05) is 32.2 Å². The maximum atomic E-state index is 13.0. The Morgan fingerprint density at radius 1 is 0.857 bits per heavy atom. The highest BCUT2D eigenvalue weighted by atomic mass is 19.1. The maximum absolute atomic E-state index is 13.0. The molecule has 35 heavy (non-hydrogen) atoms. The summed E-state index contributed by atoms with van der Waals surface area (Å²) in [5, 5.41) is 5.21. The van der Waals surface area contributed by atoms with Crippen molar-refractivity contribution in [3.8, 4) is 0 Å². The highest BCUT2D eigenvalue weighted by Crippen LogP contribution is 2.14. The average Bonchev–Trinajstić information content (AvgIpc) is 3.26. The van der Waals surface area contributed by atoms with Crippen LogP contribution in [0, 0.1) is 0 Å². The number of likely N-dealkylation sites (tertiary alicyclic amines) is 2. The van der Waals surface area contributed by atoms with E-state index in [4.69, 9.17) is 9.47 Å². The lowest BCUT2D eigenvalue weighted by molar-refractivity contribution is -0.132. The molecule has 0 aromatic rings. The number of alkyl carbamates (subject to hydrolysis) is 2. The molecule has 3 amide bonds. The maximum Gasteiger partial charge on any atom is 0.408 e. The van der Waals surface area contributed by atoms with E-state index in [0.717, 1.165) is 6.54 Å². The zero-order valence-corrected chi connectivity index (χ0v) is 22.5. The summed E-state index contributed by atoms with van der Waals surface area (Å²) in [6.07, 6.45) is -1.77. The van der Waals surface area contributed by atoms with Gasteiger partial charge in [-0.3, -0.25) is 9.69 Å². The molecular formula is C24H44F2N4O5. The normalized spacial score (nSPS) is 22.5. The van der Waals surface area contributed by atoms with Gasteiger partial charge in [-0.2, -0.15) is 0 Å². The van der Waals surface area contributed by atoms with Crippen LogP contribution in [-0.4, -0.2) is 96.2 Å². The van der Waals surface area contributed by atoms with Crippen LogP contribution in [0.4, 0.5) is 18.4 Å². The Labute approximate surface area is 208 Å². The zero-order chi connectivity index (χ0) is 27.0. The number of carbonyl (C=O) groups is 3. The molecule has 2 aliphatic heterocycles. The topological polar surface area (TPSA) is 100 Å². The first kappa shape index (κ1) is 30.9. The van der Waals surface area contributed by atoms with E-state index in [1.807, 2.05) is 32.6 Å². The highest BCUT2D eigenvalue weighted by molar-refractivity contribution is 5.85. The minimum atomic E-state index is -0.956. The molecule has 204 valence electrons. The Hall–Kier alpha value is -2.17. The number of hydrogen-bond donors (Lipinski definition) is 2. The first-order valence-electron chi connectivity index (χ1n) is 12.2. The fourth-order valence-electron chi connectivity index (χ4n) is 3.63. The van der Waals surface area contributed by atoms with Gasteiger partial charge in [-0.25, -0.2) is 18.4 Å². The average molecular weight is 507 g/mol. The molecule has 0 aliphatic carbocycles. The quantitative estimate of drug-likeness (QED) is 0.593. The van der Waals surface area contributed by atoms with Crippen LogP contribution in [-0.2, 0) is 14.3 Å². The number of nitrogens with one attached hydrogen (secondary N) is 2. The SMILES string of the molecule is C[C@@H](NC(=O)OC(C)(C)C)C(=O)N1CC[C@@H](F)C1.C[C@H](CN1CC[C@@H](F)C1)NC(=O)OC(C)(C)C. The van der Waals surface area contributed by atoms with Crippen molar-refractivity contribution >= 4 is 18.1 Å². The minimum absolute atomic E-state index is 0.0323. The molecular weight excluding hydrogens is 462 g/mol. The van der Waals surface area contributed by atoms with Gasteiger partial charge in [0.15, 0.2) is 0 Å². The van der Waals surface area contributed by atoms with Gasteiger partial charge in [0.25, 0.3) is 0 Å². The number of rotatable bonds is 5. The number of ether oxygens (including phenoxy) is 2. The molecule has 2 aliphatic rings. The lowest BCUT2D eigenvalue weighted by Crippen LogP contribution is -2.47. The number of alkyl halides is 2. The van der Waals surface area contributed by atoms with Crippen LogP contribution in [0.1, 0.15) is 68.2 Å². The molecule has 0 aromatic heterocycles. The van der Waals surface area contributed by atoms with E-state index in [9.17, 15) is 23.2 Å². The van der Waals surface area contributed by atoms with E-state index < -0.39 is 41.8 Å². The first-order chi connectivity index (χ1) is 15.9. The van der Waals surface area contributed by atoms with Crippen LogP contribution in [0.25, 0.3) is 0 Å². The number of hydrogen-bond acceptors (Lipinski definition) is 6. The van der Waals surface area contributed by atoms with Gasteiger partial charge < -0.3 is 25.0 Å². The first-order valence-corrected chi connectivity index (χ1v) is 12.2. The van der Waals surface area contributed by atoms with Gasteiger partial charge >= 0.3 is 12.2 Å². The van der Waals surface area contributed by atoms with Crippen LogP contribution in [0.3, 0.4) is 0 Å². The van der Waals surface area contributed by atoms with Gasteiger partial charge in [0.1, 0.15) is 29.6 Å². The van der Waals surface area contributed by atoms with Crippen LogP contribution in [0.15, 0.2) is 0 Å². The molecule has 0 spiro atoms. The largest absolute Gasteiger partial charge is 0.444 e. The lowest BCUT2D eigenvalue weighted by atomic mass is 10.2. The monoisotopic (exact) mass is 506 g/mol. The van der Waals surface area contributed by atoms with E-state index in [1.165, 1.54) is 4.90 Å². The predicted octanol–water partition coefficient (Wildman–Crippen LogP) is 3.41. The van der Waals surface area contributed by atoms with Gasteiger partial charge in [-0.15, -0.1) is 0 Å². The van der Waals surface area contributed by atoms with E-state index in [2.05, 4.69) is 10.6 Å². The van der Waals surface area contributed by atoms with Crippen molar-refractivity contribution in [1.29, 1.82) is 0 Å². The van der Waals surface area contributed by atoms with Gasteiger partial charge in [-0.1, -0.05) is 0 Å². The van der Waals surface area contributed by atoms with E-state index in [1.54, 1.807) is 27.7 Å². The van der Waals surface area contributed by atoms with E-state index >= 15 is 0 Å². The Balaban J connectivity index is 0.000000351. The van der Waals surface area contributed by atoms with E-state index in [-0.39, 0.29) is 18.5 Å². The fourth-order valence-corrected chi connectivity index (χ4v) is 3.63. The number of nitrogens with zero attached hydrogens (tertiary/aromatic N) is 2. The van der Waals surface area contributed by atoms with Gasteiger partial charge in [0.05, 0.1) is 6.54 Å². The third-order valence-corrected chi connectivity index (χ3v) is 5.06. The molecule has 2 N–H and O–H groups in total. The molecule has 0 radical (unpaired) electrons. The summed E-state index contributed by atoms with van der Waals surface area (Å²) in [4.78, 5) is 38.3. The van der Waals surface area contributed by atoms with Crippen molar-refractivity contribution in [3.05, 3.63) is 0 Å². The second-order valence-corrected chi connectivity index (χ2v) is 11.2. The molecule has 11 heteroatoms. The minimum Gasteiger partial charge on any atom is -0.444 e. The highest BCUT2D eigenvalue weighted by Gasteiger charge is 2.30. The molecule has 2 heterocycles. The molecule has 0 bridgehead atoms. The number of amides is 3. The van der Waals surface area contributed by atoms with Crippen LogP contribution >= 0.6 is 0 Å². The Morgan fingerprint density at radius 2 is 1.34 bits per heavy atom. The zero-order valence-electron chi connectivity index (χ0n) is 22.5. The van der Waals surface area contributed by atoms with E-state index in [0.29, 0.717) is 32.5 Å².